The molecule has 45 heavy (non-hydrogen) atoms. The molecule has 1 fully saturated rings. The van der Waals surface area contributed by atoms with E-state index in [0.717, 1.165) is 30.9 Å². The van der Waals surface area contributed by atoms with Crippen LogP contribution in [-0.4, -0.2) is 29.8 Å². The number of hydrogen-bond acceptors (Lipinski definition) is 4. The Morgan fingerprint density at radius 1 is 0.933 bits per heavy atom. The minimum Gasteiger partial charge on any atom is -0.354 e. The summed E-state index contributed by atoms with van der Waals surface area (Å²) in [4.78, 5) is 29.5. The second-order valence-electron chi connectivity index (χ2n) is 11.6. The highest BCUT2D eigenvalue weighted by Gasteiger charge is 2.30. The molecule has 230 valence electrons. The van der Waals surface area contributed by atoms with Crippen LogP contribution in [0.1, 0.15) is 71.3 Å². The van der Waals surface area contributed by atoms with Crippen molar-refractivity contribution in [2.75, 3.05) is 23.7 Å². The second-order valence-corrected chi connectivity index (χ2v) is 12.1. The van der Waals surface area contributed by atoms with E-state index < -0.39 is 0 Å². The second kappa shape index (κ2) is 13.7. The van der Waals surface area contributed by atoms with Crippen molar-refractivity contribution in [3.05, 3.63) is 130 Å². The summed E-state index contributed by atoms with van der Waals surface area (Å²) >= 11 is 6.21. The van der Waals surface area contributed by atoms with Gasteiger partial charge in [0.1, 0.15) is 5.82 Å². The third kappa shape index (κ3) is 7.11. The molecule has 0 radical (unpaired) electrons. The van der Waals surface area contributed by atoms with Crippen molar-refractivity contribution in [1.29, 1.82) is 0 Å². The third-order valence-electron chi connectivity index (χ3n) is 8.43. The van der Waals surface area contributed by atoms with E-state index in [1.165, 1.54) is 37.0 Å². The maximum atomic E-state index is 14.0. The number of nitrogens with one attached hydrogen (secondary N) is 3. The maximum Gasteiger partial charge on any atom is 0.258 e. The van der Waals surface area contributed by atoms with Gasteiger partial charge in [0.05, 0.1) is 17.3 Å². The third-order valence-corrected chi connectivity index (χ3v) is 8.66. The van der Waals surface area contributed by atoms with Crippen LogP contribution in [0, 0.1) is 5.82 Å². The highest BCUT2D eigenvalue weighted by molar-refractivity contribution is 6.37. The van der Waals surface area contributed by atoms with Crippen LogP contribution in [0.25, 0.3) is 11.3 Å². The maximum absolute atomic E-state index is 14.0. The monoisotopic (exact) mass is 622 g/mol. The molecule has 2 aliphatic rings. The predicted molar refractivity (Wildman–Crippen MR) is 179 cm³/mol. The van der Waals surface area contributed by atoms with Gasteiger partial charge in [-0.1, -0.05) is 49.2 Å². The molecule has 0 aromatic heterocycles. The Hall–Kier alpha value is -4.46. The summed E-state index contributed by atoms with van der Waals surface area (Å²) < 4.78 is 14.0. The van der Waals surface area contributed by atoms with Gasteiger partial charge in [0.2, 0.25) is 0 Å². The summed E-state index contributed by atoms with van der Waals surface area (Å²) in [6, 6.07) is 26.6. The first-order valence-corrected chi connectivity index (χ1v) is 15.9. The highest BCUT2D eigenvalue weighted by Crippen LogP contribution is 2.38. The Kier molecular flexibility index (Phi) is 9.29. The van der Waals surface area contributed by atoms with Crippen LogP contribution in [-0.2, 0) is 11.3 Å². The minimum absolute atomic E-state index is 0.229. The molecule has 4 aromatic rings. The molecule has 2 amide bonds. The molecule has 6 nitrogen and oxygen atoms in total. The lowest BCUT2D eigenvalue weighted by atomic mass is 9.97. The van der Waals surface area contributed by atoms with Gasteiger partial charge in [0, 0.05) is 34.1 Å². The Balaban J connectivity index is 1.35. The lowest BCUT2D eigenvalue weighted by molar-refractivity contribution is -0.110. The quantitative estimate of drug-likeness (QED) is 0.164. The van der Waals surface area contributed by atoms with Gasteiger partial charge < -0.3 is 16.0 Å². The number of nitrogens with zero attached hydrogens (tertiary/aromatic N) is 1. The smallest absolute Gasteiger partial charge is 0.258 e. The van der Waals surface area contributed by atoms with Crippen LogP contribution in [0.2, 0.25) is 5.02 Å². The largest absolute Gasteiger partial charge is 0.354 e. The van der Waals surface area contributed by atoms with Crippen molar-refractivity contribution in [2.24, 2.45) is 0 Å². The van der Waals surface area contributed by atoms with Crippen molar-refractivity contribution in [1.82, 2.24) is 10.2 Å². The molecule has 2 heterocycles. The van der Waals surface area contributed by atoms with E-state index in [0.29, 0.717) is 45.1 Å². The first-order valence-electron chi connectivity index (χ1n) is 15.5. The lowest BCUT2D eigenvalue weighted by Gasteiger charge is -2.26. The molecule has 4 aromatic carbocycles. The van der Waals surface area contributed by atoms with Gasteiger partial charge in [-0.2, -0.15) is 0 Å². The molecule has 0 saturated carbocycles. The fraction of sp³-hybridized carbons (Fsp3) is 0.243. The van der Waals surface area contributed by atoms with Crippen molar-refractivity contribution in [3.63, 3.8) is 0 Å². The van der Waals surface area contributed by atoms with Gasteiger partial charge in [-0.05, 0) is 116 Å². The molecule has 1 unspecified atom stereocenters. The summed E-state index contributed by atoms with van der Waals surface area (Å²) in [5.74, 6) is -0.929. The highest BCUT2D eigenvalue weighted by atomic mass is 35.5. The molecule has 2 aliphatic heterocycles. The van der Waals surface area contributed by atoms with E-state index in [1.807, 2.05) is 37.3 Å². The summed E-state index contributed by atoms with van der Waals surface area (Å²) in [5.41, 5.74) is 6.10. The van der Waals surface area contributed by atoms with Crippen LogP contribution in [0.15, 0.2) is 91.0 Å². The van der Waals surface area contributed by atoms with Crippen molar-refractivity contribution < 1.29 is 14.0 Å². The normalized spacial score (nSPS) is 16.5. The zero-order valence-corrected chi connectivity index (χ0v) is 26.0. The van der Waals surface area contributed by atoms with Crippen LogP contribution in [0.3, 0.4) is 0 Å². The number of halogens is 2. The van der Waals surface area contributed by atoms with E-state index in [1.54, 1.807) is 36.4 Å². The Morgan fingerprint density at radius 2 is 1.69 bits per heavy atom. The first-order chi connectivity index (χ1) is 21.9. The molecule has 8 heteroatoms. The fourth-order valence-corrected chi connectivity index (χ4v) is 6.30. The average molecular weight is 623 g/mol. The number of hydrogen-bond donors (Lipinski definition) is 3. The first kappa shape index (κ1) is 30.6. The van der Waals surface area contributed by atoms with Gasteiger partial charge in [-0.15, -0.1) is 0 Å². The molecule has 6 rings (SSSR count). The van der Waals surface area contributed by atoms with E-state index in [-0.39, 0.29) is 23.7 Å². The molecule has 1 saturated heterocycles. The van der Waals surface area contributed by atoms with Crippen molar-refractivity contribution >= 4 is 46.1 Å². The number of fused-ring (bicyclic) bond motifs is 1. The van der Waals surface area contributed by atoms with Gasteiger partial charge in [-0.25, -0.2) is 4.39 Å². The number of amides is 2. The van der Waals surface area contributed by atoms with E-state index in [4.69, 9.17) is 11.6 Å². The van der Waals surface area contributed by atoms with Gasteiger partial charge in [0.15, 0.2) is 0 Å². The number of carbonyl (C=O) groups is 2. The van der Waals surface area contributed by atoms with Gasteiger partial charge in [0.25, 0.3) is 11.8 Å². The molecule has 0 bridgehead atoms. The molecular formula is C37H36ClFN4O2. The number of benzene rings is 4. The summed E-state index contributed by atoms with van der Waals surface area (Å²) in [5, 5.41) is 10.2. The minimum atomic E-state index is -0.368. The predicted octanol–water partition coefficient (Wildman–Crippen LogP) is 8.28. The van der Waals surface area contributed by atoms with Gasteiger partial charge in [-0.3, -0.25) is 14.5 Å². The molecule has 3 N–H and O–H groups in total. The molecule has 0 spiro atoms. The van der Waals surface area contributed by atoms with Gasteiger partial charge >= 0.3 is 0 Å². The fourth-order valence-electron chi connectivity index (χ4n) is 6.11. The standard InChI is InChI=1S/C37H36ClFN4O2/c1-2-32(26-9-7-10-28(38)21-26)41-36(44)27-14-17-33-31(22-27)34(37(45)42-33)35(25-12-15-29(39)16-13-25)40-30-11-6-8-24(20-30)23-43-18-4-3-5-19-43/h6-17,20-22,32,40H,2-5,18-19,23H2,1H3,(H,41,44)(H,42,45). The van der Waals surface area contributed by atoms with Crippen LogP contribution < -0.4 is 16.0 Å². The van der Waals surface area contributed by atoms with Crippen LogP contribution in [0.5, 0.6) is 0 Å². The lowest BCUT2D eigenvalue weighted by Crippen LogP contribution is -2.29. The van der Waals surface area contributed by atoms with E-state index in [2.05, 4.69) is 33.0 Å². The van der Waals surface area contributed by atoms with E-state index in [9.17, 15) is 14.0 Å². The number of piperidine rings is 1. The summed E-state index contributed by atoms with van der Waals surface area (Å²) in [6.45, 7) is 5.04. The summed E-state index contributed by atoms with van der Waals surface area (Å²) in [6.07, 6.45) is 4.39. The zero-order chi connectivity index (χ0) is 31.3. The number of anilines is 2. The van der Waals surface area contributed by atoms with Crippen molar-refractivity contribution in [3.8, 4) is 0 Å². The molecule has 1 atom stereocenters. The Bertz CT molecular complexity index is 1750. The van der Waals surface area contributed by atoms with Crippen LogP contribution >= 0.6 is 11.6 Å². The van der Waals surface area contributed by atoms with E-state index >= 15 is 0 Å². The number of rotatable bonds is 9. The molecule has 0 aliphatic carbocycles. The van der Waals surface area contributed by atoms with Crippen LogP contribution in [0.4, 0.5) is 15.8 Å². The van der Waals surface area contributed by atoms with Crippen molar-refractivity contribution in [2.45, 2.75) is 45.2 Å². The SMILES string of the molecule is CCC(NC(=O)c1ccc2c(c1)C(=C(Nc1cccc(CN3CCCCC3)c1)c1ccc(F)cc1)C(=O)N2)c1cccc(Cl)c1. The average Bonchev–Trinajstić information content (AvgIpc) is 3.38. The Labute approximate surface area is 268 Å². The number of likely N-dealkylation sites (tertiary alicyclic amines) is 1. The summed E-state index contributed by atoms with van der Waals surface area (Å²) in [7, 11) is 0. The Morgan fingerprint density at radius 3 is 2.44 bits per heavy atom. The zero-order valence-electron chi connectivity index (χ0n) is 25.2. The topological polar surface area (TPSA) is 73.5 Å². The molecular weight excluding hydrogens is 587 g/mol. The number of carbonyl (C=O) groups excluding carboxylic acids is 2.